The normalized spacial score (nSPS) is 13.5. The highest BCUT2D eigenvalue weighted by molar-refractivity contribution is 4.77. The first-order valence-corrected chi connectivity index (χ1v) is 5.08. The van der Waals surface area contributed by atoms with E-state index >= 15 is 0 Å². The van der Waals surface area contributed by atoms with Crippen LogP contribution in [0.3, 0.4) is 0 Å². The van der Waals surface area contributed by atoms with Crippen LogP contribution in [0.15, 0.2) is 0 Å². The molecule has 0 aliphatic rings. The Morgan fingerprint density at radius 3 is 2.64 bits per heavy atom. The Bertz CT molecular complexity index is 268. The van der Waals surface area contributed by atoms with Crippen molar-refractivity contribution in [1.29, 1.82) is 0 Å². The molecule has 0 aliphatic heterocycles. The van der Waals surface area contributed by atoms with Crippen molar-refractivity contribution in [1.82, 2.24) is 20.2 Å². The summed E-state index contributed by atoms with van der Waals surface area (Å²) in [6.45, 7) is 4.29. The van der Waals surface area contributed by atoms with E-state index in [1.807, 2.05) is 0 Å². The number of hydrogen-bond donors (Lipinski definition) is 1. The van der Waals surface area contributed by atoms with E-state index in [2.05, 4.69) is 29.3 Å². The molecule has 1 aromatic heterocycles. The van der Waals surface area contributed by atoms with E-state index in [0.29, 0.717) is 5.92 Å². The van der Waals surface area contributed by atoms with Crippen molar-refractivity contribution < 1.29 is 0 Å². The monoisotopic (exact) mass is 197 g/mol. The summed E-state index contributed by atoms with van der Waals surface area (Å²) >= 11 is 0. The fourth-order valence-corrected chi connectivity index (χ4v) is 1.25. The number of nitrogens with two attached hydrogens (primary N) is 1. The molecule has 0 aromatic carbocycles. The van der Waals surface area contributed by atoms with Gasteiger partial charge < -0.3 is 5.73 Å². The number of tetrazole rings is 1. The van der Waals surface area contributed by atoms with E-state index in [1.165, 1.54) is 4.80 Å². The zero-order valence-corrected chi connectivity index (χ0v) is 9.14. The van der Waals surface area contributed by atoms with Crippen LogP contribution in [0.1, 0.15) is 32.5 Å². The van der Waals surface area contributed by atoms with E-state index < -0.39 is 0 Å². The number of hydrogen-bond acceptors (Lipinski definition) is 4. The largest absolute Gasteiger partial charge is 0.327 e. The van der Waals surface area contributed by atoms with Crippen molar-refractivity contribution in [3.63, 3.8) is 0 Å². The third kappa shape index (κ3) is 3.41. The molecule has 1 unspecified atom stereocenters. The molecule has 0 radical (unpaired) electrons. The fraction of sp³-hybridized carbons (Fsp3) is 0.889. The zero-order chi connectivity index (χ0) is 10.6. The molecule has 0 amide bonds. The van der Waals surface area contributed by atoms with Crippen LogP contribution in [-0.4, -0.2) is 26.2 Å². The van der Waals surface area contributed by atoms with Crippen LogP contribution in [0.2, 0.25) is 0 Å². The van der Waals surface area contributed by atoms with Gasteiger partial charge in [0.1, 0.15) is 0 Å². The molecule has 0 fully saturated rings. The molecule has 1 heterocycles. The molecule has 0 spiro atoms. The lowest BCUT2D eigenvalue weighted by Gasteiger charge is -2.14. The van der Waals surface area contributed by atoms with Crippen LogP contribution in [0.5, 0.6) is 0 Å². The second-order valence-corrected chi connectivity index (χ2v) is 4.00. The molecule has 1 atom stereocenters. The molecule has 0 saturated carbocycles. The van der Waals surface area contributed by atoms with E-state index in [9.17, 15) is 0 Å². The topological polar surface area (TPSA) is 69.6 Å². The smallest absolute Gasteiger partial charge is 0.174 e. The first kappa shape index (κ1) is 11.1. The molecule has 0 aliphatic carbocycles. The van der Waals surface area contributed by atoms with E-state index in [-0.39, 0.29) is 6.04 Å². The minimum absolute atomic E-state index is 0.284. The maximum atomic E-state index is 5.92. The van der Waals surface area contributed by atoms with Gasteiger partial charge in [-0.25, -0.2) is 0 Å². The third-order valence-electron chi connectivity index (χ3n) is 2.34. The Balaban J connectivity index is 2.22. The van der Waals surface area contributed by atoms with Gasteiger partial charge in [0.15, 0.2) is 5.82 Å². The van der Waals surface area contributed by atoms with Crippen molar-refractivity contribution in [3.8, 4) is 0 Å². The molecular formula is C9H19N5. The molecule has 80 valence electrons. The molecule has 14 heavy (non-hydrogen) atoms. The Morgan fingerprint density at radius 2 is 2.14 bits per heavy atom. The van der Waals surface area contributed by atoms with Crippen LogP contribution in [-0.2, 0) is 13.5 Å². The summed E-state index contributed by atoms with van der Waals surface area (Å²) in [5.74, 6) is 1.35. The highest BCUT2D eigenvalue weighted by atomic mass is 15.6. The van der Waals surface area contributed by atoms with Crippen LogP contribution in [0.4, 0.5) is 0 Å². The molecule has 5 nitrogen and oxygen atoms in total. The van der Waals surface area contributed by atoms with Gasteiger partial charge >= 0.3 is 0 Å². The molecule has 1 rings (SSSR count). The van der Waals surface area contributed by atoms with E-state index in [1.54, 1.807) is 7.05 Å². The van der Waals surface area contributed by atoms with Gasteiger partial charge in [0, 0.05) is 12.5 Å². The lowest BCUT2D eigenvalue weighted by atomic mass is 9.99. The molecule has 2 N–H and O–H groups in total. The Hall–Kier alpha value is -0.970. The van der Waals surface area contributed by atoms with Gasteiger partial charge in [-0.05, 0) is 24.0 Å². The summed E-state index contributed by atoms with van der Waals surface area (Å²) in [6.07, 6.45) is 2.93. The Morgan fingerprint density at radius 1 is 1.43 bits per heavy atom. The van der Waals surface area contributed by atoms with Crippen molar-refractivity contribution in [2.45, 2.75) is 39.2 Å². The van der Waals surface area contributed by atoms with Crippen LogP contribution in [0, 0.1) is 5.92 Å². The molecule has 1 aromatic rings. The first-order valence-electron chi connectivity index (χ1n) is 5.08. The van der Waals surface area contributed by atoms with Gasteiger partial charge in [0.2, 0.25) is 0 Å². The maximum absolute atomic E-state index is 5.92. The molecule has 0 saturated heterocycles. The Labute approximate surface area is 84.7 Å². The fourth-order valence-electron chi connectivity index (χ4n) is 1.25. The quantitative estimate of drug-likeness (QED) is 0.747. The van der Waals surface area contributed by atoms with Crippen molar-refractivity contribution in [2.24, 2.45) is 18.7 Å². The third-order valence-corrected chi connectivity index (χ3v) is 2.34. The summed E-state index contributed by atoms with van der Waals surface area (Å²) in [7, 11) is 1.77. The summed E-state index contributed by atoms with van der Waals surface area (Å²) in [5.41, 5.74) is 5.92. The summed E-state index contributed by atoms with van der Waals surface area (Å²) < 4.78 is 0. The summed E-state index contributed by atoms with van der Waals surface area (Å²) in [4.78, 5) is 1.48. The van der Waals surface area contributed by atoms with Gasteiger partial charge in [-0.3, -0.25) is 0 Å². The van der Waals surface area contributed by atoms with Crippen molar-refractivity contribution in [3.05, 3.63) is 5.82 Å². The molecule has 5 heteroatoms. The average molecular weight is 197 g/mol. The van der Waals surface area contributed by atoms with Crippen molar-refractivity contribution in [2.75, 3.05) is 0 Å². The van der Waals surface area contributed by atoms with Crippen LogP contribution in [0.25, 0.3) is 0 Å². The second kappa shape index (κ2) is 5.05. The standard InChI is InChI=1S/C9H19N5/c1-7(2)8(10)5-4-6-9-11-13-14(3)12-9/h7-8H,4-6,10H2,1-3H3. The van der Waals surface area contributed by atoms with Gasteiger partial charge in [-0.15, -0.1) is 10.2 Å². The van der Waals surface area contributed by atoms with Gasteiger partial charge in [-0.1, -0.05) is 13.8 Å². The van der Waals surface area contributed by atoms with Gasteiger partial charge in [0.05, 0.1) is 7.05 Å². The SMILES string of the molecule is CC(C)C(N)CCCc1nnn(C)n1. The van der Waals surface area contributed by atoms with E-state index in [0.717, 1.165) is 25.1 Å². The van der Waals surface area contributed by atoms with Crippen LogP contribution < -0.4 is 5.73 Å². The second-order valence-electron chi connectivity index (χ2n) is 4.00. The minimum atomic E-state index is 0.284. The summed E-state index contributed by atoms with van der Waals surface area (Å²) in [5, 5.41) is 11.8. The zero-order valence-electron chi connectivity index (χ0n) is 9.14. The number of aromatic nitrogens is 4. The predicted molar refractivity (Wildman–Crippen MR) is 54.5 cm³/mol. The predicted octanol–water partition coefficient (Wildman–Crippen LogP) is 0.516. The lowest BCUT2D eigenvalue weighted by molar-refractivity contribution is 0.450. The average Bonchev–Trinajstić information content (AvgIpc) is 2.51. The Kier molecular flexibility index (Phi) is 4.00. The van der Waals surface area contributed by atoms with Gasteiger partial charge in [0.25, 0.3) is 0 Å². The van der Waals surface area contributed by atoms with E-state index in [4.69, 9.17) is 5.73 Å². The molecular weight excluding hydrogens is 178 g/mol. The highest BCUT2D eigenvalue weighted by Crippen LogP contribution is 2.07. The minimum Gasteiger partial charge on any atom is -0.327 e. The summed E-state index contributed by atoms with van der Waals surface area (Å²) in [6, 6.07) is 0.284. The molecule has 0 bridgehead atoms. The van der Waals surface area contributed by atoms with Crippen LogP contribution >= 0.6 is 0 Å². The lowest BCUT2D eigenvalue weighted by Crippen LogP contribution is -2.26. The number of nitrogens with zero attached hydrogens (tertiary/aromatic N) is 4. The van der Waals surface area contributed by atoms with Crippen molar-refractivity contribution >= 4 is 0 Å². The first-order chi connectivity index (χ1) is 6.59. The number of rotatable bonds is 5. The van der Waals surface area contributed by atoms with Gasteiger partial charge in [-0.2, -0.15) is 4.80 Å². The maximum Gasteiger partial charge on any atom is 0.174 e. The highest BCUT2D eigenvalue weighted by Gasteiger charge is 2.08. The number of aryl methyl sites for hydroxylation is 2.